The zero-order chi connectivity index (χ0) is 7.72. The number of amides is 1. The molecule has 0 aromatic rings. The highest BCUT2D eigenvalue weighted by Crippen LogP contribution is 2.05. The van der Waals surface area contributed by atoms with Crippen LogP contribution in [0.1, 0.15) is 0 Å². The zero-order valence-corrected chi connectivity index (χ0v) is 6.63. The molecule has 0 aliphatic carbocycles. The molecule has 0 saturated carbocycles. The van der Waals surface area contributed by atoms with Crippen LogP contribution in [0, 0.1) is 0 Å². The molecule has 0 aromatic carbocycles. The Labute approximate surface area is 66.1 Å². The van der Waals surface area contributed by atoms with Gasteiger partial charge in [0.2, 0.25) is 5.91 Å². The Morgan fingerprint density at radius 3 is 2.80 bits per heavy atom. The van der Waals surface area contributed by atoms with E-state index >= 15 is 0 Å². The van der Waals surface area contributed by atoms with E-state index in [9.17, 15) is 4.79 Å². The highest BCUT2D eigenvalue weighted by molar-refractivity contribution is 9.10. The summed E-state index contributed by atoms with van der Waals surface area (Å²) in [6, 6.07) is 0. The number of alkyl halides is 1. The van der Waals surface area contributed by atoms with E-state index < -0.39 is 17.3 Å². The first kappa shape index (κ1) is 7.93. The van der Waals surface area contributed by atoms with Gasteiger partial charge in [-0.2, -0.15) is 0 Å². The molecule has 0 radical (unpaired) electrons. The number of nitrogens with two attached hydrogens (primary N) is 1. The third kappa shape index (κ3) is 1.46. The Kier molecular flexibility index (Phi) is 2.24. The first-order chi connectivity index (χ1) is 4.61. The van der Waals surface area contributed by atoms with E-state index in [1.165, 1.54) is 0 Å². The summed E-state index contributed by atoms with van der Waals surface area (Å²) in [5.41, 5.74) is 5.38. The fraction of sp³-hybridized carbons (Fsp3) is 0.750. The summed E-state index contributed by atoms with van der Waals surface area (Å²) < 4.78 is 0. The van der Waals surface area contributed by atoms with Gasteiger partial charge in [-0.3, -0.25) is 10.1 Å². The van der Waals surface area contributed by atoms with Crippen molar-refractivity contribution in [3.63, 3.8) is 0 Å². The van der Waals surface area contributed by atoms with E-state index in [4.69, 9.17) is 10.8 Å². The van der Waals surface area contributed by atoms with Crippen LogP contribution in [0.4, 0.5) is 0 Å². The largest absolute Gasteiger partial charge is 0.361 e. The molecule has 5 nitrogen and oxygen atoms in total. The van der Waals surface area contributed by atoms with Gasteiger partial charge in [0.1, 0.15) is 4.83 Å². The molecule has 1 aliphatic rings. The van der Waals surface area contributed by atoms with Crippen LogP contribution in [-0.2, 0) is 4.79 Å². The minimum absolute atomic E-state index is 0.307. The molecular formula is C4H8BrN3O2. The number of carbonyl (C=O) groups excluding carboxylic acids is 1. The molecule has 10 heavy (non-hydrogen) atoms. The summed E-state index contributed by atoms with van der Waals surface area (Å²) in [7, 11) is 0. The predicted octanol–water partition coefficient (Wildman–Crippen LogP) is -1.97. The standard InChI is InChI=1S/C4H8BrN3O2/c5-1-2(6)7-4(10)8-3(1)9/h1-2,4,7,10H,6H2,(H,8,9). The lowest BCUT2D eigenvalue weighted by Gasteiger charge is -2.29. The van der Waals surface area contributed by atoms with Crippen LogP contribution >= 0.6 is 15.9 Å². The van der Waals surface area contributed by atoms with Crippen molar-refractivity contribution in [3.8, 4) is 0 Å². The van der Waals surface area contributed by atoms with Crippen molar-refractivity contribution in [3.05, 3.63) is 0 Å². The van der Waals surface area contributed by atoms with E-state index in [0.717, 1.165) is 0 Å². The Bertz CT molecular complexity index is 153. The lowest BCUT2D eigenvalue weighted by molar-refractivity contribution is -0.127. The van der Waals surface area contributed by atoms with Crippen LogP contribution < -0.4 is 16.4 Å². The predicted molar refractivity (Wildman–Crippen MR) is 38.0 cm³/mol. The van der Waals surface area contributed by atoms with Crippen molar-refractivity contribution in [1.29, 1.82) is 0 Å². The Hall–Kier alpha value is -0.170. The summed E-state index contributed by atoms with van der Waals surface area (Å²) in [6.07, 6.45) is -1.57. The van der Waals surface area contributed by atoms with Gasteiger partial charge in [-0.25, -0.2) is 0 Å². The average molecular weight is 210 g/mol. The zero-order valence-electron chi connectivity index (χ0n) is 5.04. The molecule has 6 heteroatoms. The number of rotatable bonds is 0. The van der Waals surface area contributed by atoms with Crippen LogP contribution in [0.3, 0.4) is 0 Å². The van der Waals surface area contributed by atoms with Crippen molar-refractivity contribution < 1.29 is 9.90 Å². The Morgan fingerprint density at radius 1 is 1.70 bits per heavy atom. The van der Waals surface area contributed by atoms with Gasteiger partial charge >= 0.3 is 0 Å². The van der Waals surface area contributed by atoms with Crippen LogP contribution in [0.15, 0.2) is 0 Å². The number of aliphatic hydroxyl groups is 1. The molecule has 1 heterocycles. The van der Waals surface area contributed by atoms with Gasteiger partial charge in [-0.1, -0.05) is 15.9 Å². The van der Waals surface area contributed by atoms with Gasteiger partial charge in [0.15, 0.2) is 6.35 Å². The molecule has 1 saturated heterocycles. The molecule has 3 unspecified atom stereocenters. The number of aliphatic hydroxyl groups excluding tert-OH is 1. The Morgan fingerprint density at radius 2 is 2.30 bits per heavy atom. The first-order valence-corrected chi connectivity index (χ1v) is 3.67. The molecule has 5 N–H and O–H groups in total. The van der Waals surface area contributed by atoms with E-state index in [-0.39, 0.29) is 5.91 Å². The molecule has 3 atom stereocenters. The van der Waals surface area contributed by atoms with E-state index in [0.29, 0.717) is 0 Å². The third-order valence-electron chi connectivity index (χ3n) is 1.20. The molecule has 1 aliphatic heterocycles. The number of hydrogen-bond acceptors (Lipinski definition) is 4. The van der Waals surface area contributed by atoms with Crippen molar-refractivity contribution in [1.82, 2.24) is 10.6 Å². The van der Waals surface area contributed by atoms with Crippen LogP contribution in [0.2, 0.25) is 0 Å². The number of halogens is 1. The number of carbonyl (C=O) groups is 1. The van der Waals surface area contributed by atoms with Gasteiger partial charge in [0.25, 0.3) is 0 Å². The molecule has 1 rings (SSSR count). The lowest BCUT2D eigenvalue weighted by atomic mass is 10.3. The summed E-state index contributed by atoms with van der Waals surface area (Å²) >= 11 is 3.04. The molecule has 58 valence electrons. The highest BCUT2D eigenvalue weighted by atomic mass is 79.9. The summed E-state index contributed by atoms with van der Waals surface area (Å²) in [4.78, 5) is 10.3. The van der Waals surface area contributed by atoms with Gasteiger partial charge in [-0.05, 0) is 0 Å². The second kappa shape index (κ2) is 2.83. The minimum atomic E-state index is -1.03. The lowest BCUT2D eigenvalue weighted by Crippen LogP contribution is -2.65. The number of nitrogens with one attached hydrogen (secondary N) is 2. The minimum Gasteiger partial charge on any atom is -0.361 e. The quantitative estimate of drug-likeness (QED) is 0.349. The molecule has 0 aromatic heterocycles. The maximum Gasteiger partial charge on any atom is 0.239 e. The number of hydrogen-bond donors (Lipinski definition) is 4. The van der Waals surface area contributed by atoms with Crippen molar-refractivity contribution in [2.75, 3.05) is 0 Å². The summed E-state index contributed by atoms with van der Waals surface area (Å²) in [5.74, 6) is -0.307. The van der Waals surface area contributed by atoms with Gasteiger partial charge in [0.05, 0.1) is 6.17 Å². The molecule has 1 fully saturated rings. The van der Waals surface area contributed by atoms with E-state index in [1.54, 1.807) is 0 Å². The van der Waals surface area contributed by atoms with Crippen molar-refractivity contribution >= 4 is 21.8 Å². The van der Waals surface area contributed by atoms with E-state index in [1.807, 2.05) is 0 Å². The Balaban J connectivity index is 2.57. The highest BCUT2D eigenvalue weighted by Gasteiger charge is 2.30. The van der Waals surface area contributed by atoms with Gasteiger partial charge in [0, 0.05) is 0 Å². The summed E-state index contributed by atoms with van der Waals surface area (Å²) in [6.45, 7) is 0. The van der Waals surface area contributed by atoms with E-state index in [2.05, 4.69) is 26.6 Å². The molecule has 0 spiro atoms. The second-order valence-corrected chi connectivity index (χ2v) is 2.99. The fourth-order valence-corrected chi connectivity index (χ4v) is 0.971. The monoisotopic (exact) mass is 209 g/mol. The first-order valence-electron chi connectivity index (χ1n) is 2.75. The van der Waals surface area contributed by atoms with Gasteiger partial charge in [-0.15, -0.1) is 0 Å². The fourth-order valence-electron chi connectivity index (χ4n) is 0.686. The topological polar surface area (TPSA) is 87.4 Å². The summed E-state index contributed by atoms with van der Waals surface area (Å²) in [5, 5.41) is 13.6. The third-order valence-corrected chi connectivity index (χ3v) is 2.18. The normalized spacial score (nSPS) is 41.1. The smallest absolute Gasteiger partial charge is 0.239 e. The molecule has 0 bridgehead atoms. The molecule has 1 amide bonds. The van der Waals surface area contributed by atoms with Crippen LogP contribution in [-0.4, -0.2) is 28.4 Å². The van der Waals surface area contributed by atoms with Crippen molar-refractivity contribution in [2.24, 2.45) is 5.73 Å². The molecular weight excluding hydrogens is 202 g/mol. The maximum atomic E-state index is 10.8. The SMILES string of the molecule is NC1NC(O)NC(=O)C1Br. The average Bonchev–Trinajstić information content (AvgIpc) is 1.82. The van der Waals surface area contributed by atoms with Crippen LogP contribution in [0.25, 0.3) is 0 Å². The second-order valence-electron chi connectivity index (χ2n) is 2.01. The van der Waals surface area contributed by atoms with Gasteiger partial charge < -0.3 is 16.2 Å². The maximum absolute atomic E-state index is 10.8. The van der Waals surface area contributed by atoms with Crippen LogP contribution in [0.5, 0.6) is 0 Å². The van der Waals surface area contributed by atoms with Crippen molar-refractivity contribution in [2.45, 2.75) is 17.3 Å².